The number of esters is 1. The van der Waals surface area contributed by atoms with Gasteiger partial charge in [-0.3, -0.25) is 10.1 Å². The summed E-state index contributed by atoms with van der Waals surface area (Å²) in [4.78, 5) is 34.2. The lowest BCUT2D eigenvalue weighted by Crippen LogP contribution is -2.42. The van der Waals surface area contributed by atoms with E-state index in [4.69, 9.17) is 16.3 Å². The van der Waals surface area contributed by atoms with Gasteiger partial charge in [-0.25, -0.2) is 9.59 Å². The van der Waals surface area contributed by atoms with Crippen molar-refractivity contribution in [1.82, 2.24) is 10.6 Å². The topological polar surface area (TPSA) is 84.5 Å². The van der Waals surface area contributed by atoms with E-state index in [0.29, 0.717) is 11.6 Å². The third-order valence-corrected chi connectivity index (χ3v) is 2.76. The fourth-order valence-electron chi connectivity index (χ4n) is 1.46. The Kier molecular flexibility index (Phi) is 7.83. The molecule has 0 saturated carbocycles. The van der Waals surface area contributed by atoms with E-state index >= 15 is 0 Å². The number of carbonyl (C=O) groups excluding carboxylic acids is 3. The lowest BCUT2D eigenvalue weighted by molar-refractivity contribution is -0.143. The summed E-state index contributed by atoms with van der Waals surface area (Å²) in [7, 11) is 0. The molecule has 0 aliphatic carbocycles. The van der Waals surface area contributed by atoms with Gasteiger partial charge in [0.2, 0.25) is 0 Å². The maximum Gasteiger partial charge on any atom is 0.331 e. The highest BCUT2D eigenvalue weighted by atomic mass is 35.5. The fourth-order valence-corrected chi connectivity index (χ4v) is 1.66. The van der Waals surface area contributed by atoms with E-state index in [2.05, 4.69) is 10.6 Å². The SMILES string of the molecule is CC(C)CNC(=O)NC(=O)COC(=O)/C=C/c1cccc(Cl)c1. The molecule has 0 aliphatic heterocycles. The molecule has 0 heterocycles. The molecule has 0 aromatic heterocycles. The first kappa shape index (κ1) is 18.7. The molecule has 0 fully saturated rings. The van der Waals surface area contributed by atoms with Crippen molar-refractivity contribution < 1.29 is 19.1 Å². The van der Waals surface area contributed by atoms with Crippen molar-refractivity contribution in [2.24, 2.45) is 5.92 Å². The number of rotatable bonds is 6. The minimum Gasteiger partial charge on any atom is -0.452 e. The Morgan fingerprint density at radius 1 is 1.30 bits per heavy atom. The molecule has 1 aromatic carbocycles. The number of ether oxygens (including phenoxy) is 1. The van der Waals surface area contributed by atoms with Gasteiger partial charge in [0.05, 0.1) is 0 Å². The van der Waals surface area contributed by atoms with E-state index in [1.54, 1.807) is 24.3 Å². The second-order valence-corrected chi connectivity index (χ2v) is 5.58. The zero-order valence-electron chi connectivity index (χ0n) is 13.0. The number of halogens is 1. The number of carbonyl (C=O) groups is 3. The van der Waals surface area contributed by atoms with Gasteiger partial charge in [-0.1, -0.05) is 37.6 Å². The van der Waals surface area contributed by atoms with Gasteiger partial charge in [-0.05, 0) is 29.7 Å². The van der Waals surface area contributed by atoms with Crippen molar-refractivity contribution in [1.29, 1.82) is 0 Å². The molecule has 3 amide bonds. The number of hydrogen-bond acceptors (Lipinski definition) is 4. The Morgan fingerprint density at radius 3 is 2.70 bits per heavy atom. The van der Waals surface area contributed by atoms with Crippen LogP contribution in [0.25, 0.3) is 6.08 Å². The standard InChI is InChI=1S/C16H19ClN2O4/c1-11(2)9-18-16(22)19-14(20)10-23-15(21)7-6-12-4-3-5-13(17)8-12/h3-8,11H,9-10H2,1-2H3,(H2,18,19,20,22)/b7-6+. The van der Waals surface area contributed by atoms with Crippen LogP contribution in [0.1, 0.15) is 19.4 Å². The highest BCUT2D eigenvalue weighted by Crippen LogP contribution is 2.11. The maximum absolute atomic E-state index is 11.5. The second kappa shape index (κ2) is 9.63. The highest BCUT2D eigenvalue weighted by Gasteiger charge is 2.09. The van der Waals surface area contributed by atoms with E-state index in [0.717, 1.165) is 5.56 Å². The summed E-state index contributed by atoms with van der Waals surface area (Å²) >= 11 is 5.82. The molecular formula is C16H19ClN2O4. The molecule has 124 valence electrons. The second-order valence-electron chi connectivity index (χ2n) is 5.15. The van der Waals surface area contributed by atoms with Crippen molar-refractivity contribution in [3.63, 3.8) is 0 Å². The predicted molar refractivity (Wildman–Crippen MR) is 87.8 cm³/mol. The molecule has 1 rings (SSSR count). The van der Waals surface area contributed by atoms with E-state index < -0.39 is 24.5 Å². The average Bonchev–Trinajstić information content (AvgIpc) is 2.49. The minimum atomic E-state index is -0.698. The van der Waals surface area contributed by atoms with Gasteiger partial charge in [0.15, 0.2) is 6.61 Å². The van der Waals surface area contributed by atoms with Crippen LogP contribution in [0.3, 0.4) is 0 Å². The smallest absolute Gasteiger partial charge is 0.331 e. The first-order valence-corrected chi connectivity index (χ1v) is 7.42. The number of benzene rings is 1. The third-order valence-electron chi connectivity index (χ3n) is 2.53. The lowest BCUT2D eigenvalue weighted by atomic mass is 10.2. The van der Waals surface area contributed by atoms with Gasteiger partial charge in [0.25, 0.3) is 5.91 Å². The highest BCUT2D eigenvalue weighted by molar-refractivity contribution is 6.30. The van der Waals surface area contributed by atoms with E-state index in [1.807, 2.05) is 13.8 Å². The summed E-state index contributed by atoms with van der Waals surface area (Å²) in [6.45, 7) is 3.77. The van der Waals surface area contributed by atoms with Crippen molar-refractivity contribution in [2.75, 3.05) is 13.2 Å². The Labute approximate surface area is 139 Å². The third kappa shape index (κ3) is 8.63. The molecule has 6 nitrogen and oxygen atoms in total. The van der Waals surface area contributed by atoms with Crippen LogP contribution >= 0.6 is 11.6 Å². The van der Waals surface area contributed by atoms with Crippen LogP contribution in [0.15, 0.2) is 30.3 Å². The fraction of sp³-hybridized carbons (Fsp3) is 0.312. The summed E-state index contributed by atoms with van der Waals surface area (Å²) in [5.41, 5.74) is 0.729. The largest absolute Gasteiger partial charge is 0.452 e. The molecule has 0 radical (unpaired) electrons. The monoisotopic (exact) mass is 338 g/mol. The Hall–Kier alpha value is -2.34. The van der Waals surface area contributed by atoms with Crippen LogP contribution in [0.2, 0.25) is 5.02 Å². The summed E-state index contributed by atoms with van der Waals surface area (Å²) in [5, 5.41) is 5.13. The summed E-state index contributed by atoms with van der Waals surface area (Å²) in [6, 6.07) is 6.29. The van der Waals surface area contributed by atoms with Crippen LogP contribution in [-0.4, -0.2) is 31.1 Å². The van der Waals surface area contributed by atoms with Crippen LogP contribution in [0.5, 0.6) is 0 Å². The number of nitrogens with one attached hydrogen (secondary N) is 2. The summed E-state index contributed by atoms with van der Waals surface area (Å²) in [5.74, 6) is -1.12. The van der Waals surface area contributed by atoms with E-state index in [9.17, 15) is 14.4 Å². The summed E-state index contributed by atoms with van der Waals surface area (Å²) < 4.78 is 4.73. The molecule has 0 spiro atoms. The molecule has 23 heavy (non-hydrogen) atoms. The number of amides is 3. The maximum atomic E-state index is 11.5. The Balaban J connectivity index is 2.32. The molecular weight excluding hydrogens is 320 g/mol. The molecule has 7 heteroatoms. The van der Waals surface area contributed by atoms with Gasteiger partial charge in [0, 0.05) is 17.6 Å². The van der Waals surface area contributed by atoms with Crippen LogP contribution in [0, 0.1) is 5.92 Å². The van der Waals surface area contributed by atoms with Crippen molar-refractivity contribution in [3.05, 3.63) is 40.9 Å². The number of imide groups is 1. The normalized spacial score (nSPS) is 10.6. The average molecular weight is 339 g/mol. The van der Waals surface area contributed by atoms with Crippen molar-refractivity contribution in [2.45, 2.75) is 13.8 Å². The van der Waals surface area contributed by atoms with Gasteiger partial charge in [0.1, 0.15) is 0 Å². The number of urea groups is 1. The molecule has 1 aromatic rings. The minimum absolute atomic E-state index is 0.269. The van der Waals surface area contributed by atoms with Crippen molar-refractivity contribution in [3.8, 4) is 0 Å². The molecule has 0 atom stereocenters. The number of hydrogen-bond donors (Lipinski definition) is 2. The molecule has 0 bridgehead atoms. The molecule has 0 saturated heterocycles. The Morgan fingerprint density at radius 2 is 2.04 bits per heavy atom. The zero-order chi connectivity index (χ0) is 17.2. The molecule has 0 unspecified atom stereocenters. The molecule has 2 N–H and O–H groups in total. The van der Waals surface area contributed by atoms with Crippen LogP contribution in [0.4, 0.5) is 4.79 Å². The quantitative estimate of drug-likeness (QED) is 0.616. The first-order chi connectivity index (χ1) is 10.9. The zero-order valence-corrected chi connectivity index (χ0v) is 13.7. The van der Waals surface area contributed by atoms with E-state index in [-0.39, 0.29) is 5.92 Å². The van der Waals surface area contributed by atoms with Crippen LogP contribution in [-0.2, 0) is 14.3 Å². The molecule has 0 aliphatic rings. The van der Waals surface area contributed by atoms with Gasteiger partial charge in [-0.2, -0.15) is 0 Å². The summed E-state index contributed by atoms with van der Waals surface area (Å²) in [6.07, 6.45) is 2.69. The van der Waals surface area contributed by atoms with Gasteiger partial charge in [-0.15, -0.1) is 0 Å². The van der Waals surface area contributed by atoms with E-state index in [1.165, 1.54) is 12.2 Å². The van der Waals surface area contributed by atoms with Gasteiger partial charge >= 0.3 is 12.0 Å². The van der Waals surface area contributed by atoms with Gasteiger partial charge < -0.3 is 10.1 Å². The van der Waals surface area contributed by atoms with Crippen LogP contribution < -0.4 is 10.6 Å². The Bertz CT molecular complexity index is 599. The predicted octanol–water partition coefficient (Wildman–Crippen LogP) is 2.38. The lowest BCUT2D eigenvalue weighted by Gasteiger charge is -2.08. The first-order valence-electron chi connectivity index (χ1n) is 7.05. The van der Waals surface area contributed by atoms with Crippen molar-refractivity contribution >= 4 is 35.6 Å².